The highest BCUT2D eigenvalue weighted by molar-refractivity contribution is 5.82. The van der Waals surface area contributed by atoms with E-state index in [2.05, 4.69) is 61.8 Å². The lowest BCUT2D eigenvalue weighted by Crippen LogP contribution is -2.13. The molecule has 0 bridgehead atoms. The van der Waals surface area contributed by atoms with E-state index in [4.69, 9.17) is 0 Å². The molecule has 1 aromatic heterocycles. The molecule has 1 heterocycles. The molecule has 15 heavy (non-hydrogen) atoms. The number of nitrogens with zero attached hydrogens (tertiary/aromatic N) is 2. The van der Waals surface area contributed by atoms with E-state index in [0.29, 0.717) is 0 Å². The maximum absolute atomic E-state index is 2.28. The molecule has 2 heteroatoms. The maximum atomic E-state index is 2.28. The predicted molar refractivity (Wildman–Crippen MR) is 65.0 cm³/mol. The summed E-state index contributed by atoms with van der Waals surface area (Å²) in [4.78, 5) is 2.20. The monoisotopic (exact) mass is 202 g/mol. The van der Waals surface area contributed by atoms with Gasteiger partial charge in [-0.25, -0.2) is 0 Å². The lowest BCUT2D eigenvalue weighted by molar-refractivity contribution is 0.392. The fraction of sp³-hybridized carbons (Fsp3) is 0.385. The first-order valence-corrected chi connectivity index (χ1v) is 5.27. The smallest absolute Gasteiger partial charge is 0.0480 e. The molecule has 0 unspecified atom stereocenters. The molecule has 0 amide bonds. The van der Waals surface area contributed by atoms with E-state index in [0.717, 1.165) is 6.54 Å². The van der Waals surface area contributed by atoms with E-state index >= 15 is 0 Å². The van der Waals surface area contributed by atoms with Crippen molar-refractivity contribution in [2.75, 3.05) is 14.1 Å². The third-order valence-corrected chi connectivity index (χ3v) is 2.78. The fourth-order valence-electron chi connectivity index (χ4n) is 2.00. The van der Waals surface area contributed by atoms with Crippen LogP contribution in [-0.4, -0.2) is 23.6 Å². The predicted octanol–water partition coefficient (Wildman–Crippen LogP) is 2.55. The Hall–Kier alpha value is -1.28. The molecule has 0 saturated carbocycles. The van der Waals surface area contributed by atoms with Crippen molar-refractivity contribution in [1.29, 1.82) is 0 Å². The number of hydrogen-bond donors (Lipinski definition) is 0. The van der Waals surface area contributed by atoms with Crippen LogP contribution < -0.4 is 0 Å². The summed E-state index contributed by atoms with van der Waals surface area (Å²) in [6.45, 7) is 3.13. The van der Waals surface area contributed by atoms with Crippen LogP contribution in [0.15, 0.2) is 24.3 Å². The Balaban J connectivity index is 2.54. The summed E-state index contributed by atoms with van der Waals surface area (Å²) in [6, 6.07) is 8.89. The van der Waals surface area contributed by atoms with Gasteiger partial charge in [-0.05, 0) is 39.2 Å². The standard InChI is InChI=1S/C13H18N2/c1-10-5-6-13-11(7-10)8-12(15(13)4)9-14(2)3/h5-8H,9H2,1-4H3. The van der Waals surface area contributed by atoms with Crippen LogP contribution in [0.4, 0.5) is 0 Å². The highest BCUT2D eigenvalue weighted by atomic mass is 15.1. The first kappa shape index (κ1) is 10.2. The zero-order chi connectivity index (χ0) is 11.0. The average molecular weight is 202 g/mol. The van der Waals surface area contributed by atoms with Crippen molar-refractivity contribution >= 4 is 10.9 Å². The second-order valence-corrected chi connectivity index (χ2v) is 4.49. The molecule has 2 aromatic rings. The highest BCUT2D eigenvalue weighted by Crippen LogP contribution is 2.20. The van der Waals surface area contributed by atoms with E-state index < -0.39 is 0 Å². The molecule has 0 atom stereocenters. The Morgan fingerprint density at radius 2 is 1.93 bits per heavy atom. The Bertz CT molecular complexity index is 480. The molecule has 0 aliphatic carbocycles. The maximum Gasteiger partial charge on any atom is 0.0480 e. The molecule has 0 aliphatic rings. The Kier molecular flexibility index (Phi) is 2.53. The van der Waals surface area contributed by atoms with E-state index in [1.165, 1.54) is 22.2 Å². The Morgan fingerprint density at radius 3 is 2.60 bits per heavy atom. The summed E-state index contributed by atoms with van der Waals surface area (Å²) in [5.41, 5.74) is 4.00. The van der Waals surface area contributed by atoms with Crippen LogP contribution in [-0.2, 0) is 13.6 Å². The molecule has 0 N–H and O–H groups in total. The molecular weight excluding hydrogens is 184 g/mol. The molecule has 0 fully saturated rings. The van der Waals surface area contributed by atoms with Crippen molar-refractivity contribution in [2.45, 2.75) is 13.5 Å². The molecule has 2 rings (SSSR count). The molecular formula is C13H18N2. The molecule has 0 saturated heterocycles. The van der Waals surface area contributed by atoms with Crippen molar-refractivity contribution in [3.63, 3.8) is 0 Å². The average Bonchev–Trinajstić information content (AvgIpc) is 2.42. The minimum absolute atomic E-state index is 0.990. The fourth-order valence-corrected chi connectivity index (χ4v) is 2.00. The minimum atomic E-state index is 0.990. The van der Waals surface area contributed by atoms with Crippen LogP contribution in [0.5, 0.6) is 0 Å². The van der Waals surface area contributed by atoms with E-state index in [1.807, 2.05) is 0 Å². The van der Waals surface area contributed by atoms with Crippen LogP contribution in [0.25, 0.3) is 10.9 Å². The van der Waals surface area contributed by atoms with Crippen molar-refractivity contribution in [1.82, 2.24) is 9.47 Å². The quantitative estimate of drug-likeness (QED) is 0.726. The lowest BCUT2D eigenvalue weighted by atomic mass is 10.2. The number of benzene rings is 1. The summed E-state index contributed by atoms with van der Waals surface area (Å²) < 4.78 is 2.27. The molecule has 0 aliphatic heterocycles. The van der Waals surface area contributed by atoms with Gasteiger partial charge >= 0.3 is 0 Å². The van der Waals surface area contributed by atoms with Crippen LogP contribution in [0, 0.1) is 6.92 Å². The minimum Gasteiger partial charge on any atom is -0.346 e. The van der Waals surface area contributed by atoms with Crippen LogP contribution in [0.1, 0.15) is 11.3 Å². The van der Waals surface area contributed by atoms with Gasteiger partial charge in [0.2, 0.25) is 0 Å². The summed E-state index contributed by atoms with van der Waals surface area (Å²) >= 11 is 0. The van der Waals surface area contributed by atoms with E-state index in [9.17, 15) is 0 Å². The van der Waals surface area contributed by atoms with Crippen molar-refractivity contribution in [2.24, 2.45) is 7.05 Å². The number of hydrogen-bond acceptors (Lipinski definition) is 1. The van der Waals surface area contributed by atoms with Gasteiger partial charge in [-0.2, -0.15) is 0 Å². The van der Waals surface area contributed by atoms with Gasteiger partial charge in [0.15, 0.2) is 0 Å². The van der Waals surface area contributed by atoms with Gasteiger partial charge in [0, 0.05) is 30.2 Å². The SMILES string of the molecule is Cc1ccc2c(c1)cc(CN(C)C)n2C. The number of aryl methyl sites for hydroxylation is 2. The van der Waals surface area contributed by atoms with Gasteiger partial charge in [-0.3, -0.25) is 0 Å². The third kappa shape index (κ3) is 1.90. The third-order valence-electron chi connectivity index (χ3n) is 2.78. The van der Waals surface area contributed by atoms with E-state index in [1.54, 1.807) is 0 Å². The Labute approximate surface area is 91.1 Å². The second kappa shape index (κ2) is 3.70. The highest BCUT2D eigenvalue weighted by Gasteiger charge is 2.05. The van der Waals surface area contributed by atoms with Gasteiger partial charge in [0.1, 0.15) is 0 Å². The normalized spacial score (nSPS) is 11.5. The second-order valence-electron chi connectivity index (χ2n) is 4.49. The number of aromatic nitrogens is 1. The zero-order valence-electron chi connectivity index (χ0n) is 9.91. The number of rotatable bonds is 2. The first-order chi connectivity index (χ1) is 7.08. The summed E-state index contributed by atoms with van der Waals surface area (Å²) in [6.07, 6.45) is 0. The van der Waals surface area contributed by atoms with Crippen LogP contribution >= 0.6 is 0 Å². The summed E-state index contributed by atoms with van der Waals surface area (Å²) in [5, 5.41) is 1.34. The Morgan fingerprint density at radius 1 is 1.20 bits per heavy atom. The largest absolute Gasteiger partial charge is 0.346 e. The topological polar surface area (TPSA) is 8.17 Å². The van der Waals surface area contributed by atoms with Crippen molar-refractivity contribution in [3.8, 4) is 0 Å². The van der Waals surface area contributed by atoms with Gasteiger partial charge in [-0.1, -0.05) is 11.6 Å². The molecule has 2 nitrogen and oxygen atoms in total. The van der Waals surface area contributed by atoms with Crippen LogP contribution in [0.3, 0.4) is 0 Å². The molecule has 1 aromatic carbocycles. The first-order valence-electron chi connectivity index (χ1n) is 5.27. The van der Waals surface area contributed by atoms with Gasteiger partial charge in [0.25, 0.3) is 0 Å². The number of fused-ring (bicyclic) bond motifs is 1. The van der Waals surface area contributed by atoms with E-state index in [-0.39, 0.29) is 0 Å². The summed E-state index contributed by atoms with van der Waals surface area (Å²) in [5.74, 6) is 0. The van der Waals surface area contributed by atoms with Crippen molar-refractivity contribution in [3.05, 3.63) is 35.5 Å². The lowest BCUT2D eigenvalue weighted by Gasteiger charge is -2.10. The molecule has 0 spiro atoms. The van der Waals surface area contributed by atoms with Gasteiger partial charge in [-0.15, -0.1) is 0 Å². The van der Waals surface area contributed by atoms with Gasteiger partial charge < -0.3 is 9.47 Å². The van der Waals surface area contributed by atoms with Gasteiger partial charge in [0.05, 0.1) is 0 Å². The zero-order valence-corrected chi connectivity index (χ0v) is 9.91. The van der Waals surface area contributed by atoms with Crippen LogP contribution in [0.2, 0.25) is 0 Å². The van der Waals surface area contributed by atoms with Crippen molar-refractivity contribution < 1.29 is 0 Å². The summed E-state index contributed by atoms with van der Waals surface area (Å²) in [7, 11) is 6.34. The molecule has 80 valence electrons. The molecule has 0 radical (unpaired) electrons.